The zero-order valence-corrected chi connectivity index (χ0v) is 20.3. The lowest BCUT2D eigenvalue weighted by atomic mass is 9.95. The topological polar surface area (TPSA) is 109 Å². The highest BCUT2D eigenvalue weighted by molar-refractivity contribution is 5.78. The van der Waals surface area contributed by atoms with Crippen LogP contribution in [-0.4, -0.2) is 41.9 Å². The van der Waals surface area contributed by atoms with Gasteiger partial charge in [-0.1, -0.05) is 12.1 Å². The molecule has 6 rings (SSSR count). The average molecular weight is 489 g/mol. The van der Waals surface area contributed by atoms with Crippen molar-refractivity contribution in [3.8, 4) is 17.0 Å². The maximum atomic E-state index is 13.7. The first-order chi connectivity index (χ1) is 17.4. The number of nitrogens with one attached hydrogen (secondary N) is 2. The molecule has 8 nitrogen and oxygen atoms in total. The summed E-state index contributed by atoms with van der Waals surface area (Å²) in [5.41, 5.74) is 3.04. The molecule has 3 aromatic heterocycles. The van der Waals surface area contributed by atoms with Gasteiger partial charge in [0.15, 0.2) is 17.2 Å². The molecule has 2 aliphatic rings. The van der Waals surface area contributed by atoms with Crippen LogP contribution in [0.3, 0.4) is 0 Å². The molecule has 2 unspecified atom stereocenters. The van der Waals surface area contributed by atoms with Crippen molar-refractivity contribution in [2.45, 2.75) is 70.0 Å². The molecule has 1 aromatic carbocycles. The number of aromatic amines is 1. The Balaban J connectivity index is 1.35. The second-order valence-electron chi connectivity index (χ2n) is 10.3. The van der Waals surface area contributed by atoms with Gasteiger partial charge in [0.2, 0.25) is 0 Å². The van der Waals surface area contributed by atoms with Crippen LogP contribution in [0, 0.1) is 5.82 Å². The van der Waals surface area contributed by atoms with Crippen LogP contribution >= 0.6 is 0 Å². The molecule has 3 N–H and O–H groups in total. The number of H-pyrrole nitrogens is 1. The summed E-state index contributed by atoms with van der Waals surface area (Å²) in [6, 6.07) is 8.86. The molecule has 1 saturated carbocycles. The van der Waals surface area contributed by atoms with E-state index < -0.39 is 11.6 Å². The lowest BCUT2D eigenvalue weighted by Gasteiger charge is -2.33. The van der Waals surface area contributed by atoms with Crippen LogP contribution in [0.15, 0.2) is 41.3 Å². The molecule has 36 heavy (non-hydrogen) atoms. The van der Waals surface area contributed by atoms with Gasteiger partial charge in [-0.05, 0) is 63.3 Å². The maximum absolute atomic E-state index is 13.7. The zero-order valence-electron chi connectivity index (χ0n) is 20.3. The third kappa shape index (κ3) is 4.17. The van der Waals surface area contributed by atoms with E-state index in [1.54, 1.807) is 18.3 Å². The van der Waals surface area contributed by atoms with Gasteiger partial charge in [0.1, 0.15) is 11.2 Å². The van der Waals surface area contributed by atoms with E-state index in [1.165, 1.54) is 12.1 Å². The van der Waals surface area contributed by atoms with E-state index in [9.17, 15) is 14.3 Å². The van der Waals surface area contributed by atoms with Gasteiger partial charge in [-0.3, -0.25) is 9.78 Å². The van der Waals surface area contributed by atoms with Crippen molar-refractivity contribution in [1.29, 1.82) is 0 Å². The van der Waals surface area contributed by atoms with Gasteiger partial charge in [-0.2, -0.15) is 5.10 Å². The molecule has 1 aliphatic heterocycles. The average Bonchev–Trinajstić information content (AvgIpc) is 3.61. The number of benzene rings is 1. The van der Waals surface area contributed by atoms with Crippen LogP contribution < -0.4 is 10.9 Å². The second kappa shape index (κ2) is 8.81. The van der Waals surface area contributed by atoms with E-state index in [1.807, 2.05) is 10.7 Å². The van der Waals surface area contributed by atoms with Crippen molar-refractivity contribution >= 4 is 11.0 Å². The van der Waals surface area contributed by atoms with Gasteiger partial charge in [0, 0.05) is 36.2 Å². The monoisotopic (exact) mass is 488 g/mol. The van der Waals surface area contributed by atoms with Crippen molar-refractivity contribution in [1.82, 2.24) is 30.0 Å². The van der Waals surface area contributed by atoms with Crippen molar-refractivity contribution in [3.63, 3.8) is 0 Å². The molecule has 0 radical (unpaired) electrons. The second-order valence-corrected chi connectivity index (χ2v) is 10.3. The maximum Gasteiger partial charge on any atom is 0.262 e. The van der Waals surface area contributed by atoms with Gasteiger partial charge in [0.05, 0.1) is 17.4 Å². The normalized spacial score (nSPS) is 22.2. The SMILES string of the molecule is CC1CC(n2nc(C3CC3)c3c(=O)[nH]c(Cc4ccc(-c5cccc(F)c5O)nc4)nc32)CC(C)N1. The van der Waals surface area contributed by atoms with E-state index in [-0.39, 0.29) is 11.6 Å². The number of phenolic OH excluding ortho intramolecular Hbond substituents is 1. The van der Waals surface area contributed by atoms with Gasteiger partial charge >= 0.3 is 0 Å². The number of phenols is 1. The number of halogens is 1. The standard InChI is InChI=1S/C27H29FN6O2/c1-14-10-18(11-15(2)30-14)34-26-23(24(33-34)17-7-8-17)27(36)32-22(31-26)12-16-6-9-21(29-13-16)19-4-3-5-20(28)25(19)35/h3-6,9,13-15,17-18,30,35H,7-8,10-12H2,1-2H3,(H,31,32,36). The third-order valence-electron chi connectivity index (χ3n) is 7.23. The van der Waals surface area contributed by atoms with E-state index in [4.69, 9.17) is 10.1 Å². The minimum atomic E-state index is -0.687. The fraction of sp³-hybridized carbons (Fsp3) is 0.407. The molecule has 0 amide bonds. The van der Waals surface area contributed by atoms with Gasteiger partial charge in [-0.25, -0.2) is 14.1 Å². The largest absolute Gasteiger partial charge is 0.504 e. The molecule has 2 fully saturated rings. The Bertz CT molecular complexity index is 1480. The molecular weight excluding hydrogens is 459 g/mol. The van der Waals surface area contributed by atoms with Crippen molar-refractivity contribution in [3.05, 3.63) is 69.8 Å². The Morgan fingerprint density at radius 2 is 1.92 bits per heavy atom. The summed E-state index contributed by atoms with van der Waals surface area (Å²) < 4.78 is 15.7. The van der Waals surface area contributed by atoms with E-state index in [0.29, 0.717) is 52.5 Å². The number of piperidine rings is 1. The number of aromatic nitrogens is 5. The molecular formula is C27H29FN6O2. The number of fused-ring (bicyclic) bond motifs is 1. The van der Waals surface area contributed by atoms with E-state index >= 15 is 0 Å². The zero-order chi connectivity index (χ0) is 25.0. The Kier molecular flexibility index (Phi) is 5.59. The predicted molar refractivity (Wildman–Crippen MR) is 135 cm³/mol. The predicted octanol–water partition coefficient (Wildman–Crippen LogP) is 4.20. The van der Waals surface area contributed by atoms with Gasteiger partial charge in [0.25, 0.3) is 5.56 Å². The first-order valence-electron chi connectivity index (χ1n) is 12.6. The van der Waals surface area contributed by atoms with Crippen LogP contribution in [0.2, 0.25) is 0 Å². The Hall–Kier alpha value is -3.59. The van der Waals surface area contributed by atoms with Crippen LogP contribution in [0.1, 0.15) is 68.6 Å². The molecule has 4 heterocycles. The molecule has 4 aromatic rings. The summed E-state index contributed by atoms with van der Waals surface area (Å²) in [5, 5.41) is 19.2. The lowest BCUT2D eigenvalue weighted by Crippen LogP contribution is -2.43. The first kappa shape index (κ1) is 22.8. The molecule has 186 valence electrons. The summed E-state index contributed by atoms with van der Waals surface area (Å²) in [7, 11) is 0. The van der Waals surface area contributed by atoms with E-state index in [2.05, 4.69) is 29.1 Å². The van der Waals surface area contributed by atoms with E-state index in [0.717, 1.165) is 36.9 Å². The highest BCUT2D eigenvalue weighted by Gasteiger charge is 2.34. The summed E-state index contributed by atoms with van der Waals surface area (Å²) >= 11 is 0. The summed E-state index contributed by atoms with van der Waals surface area (Å²) in [6.07, 6.45) is 6.04. The van der Waals surface area contributed by atoms with Crippen LogP contribution in [-0.2, 0) is 6.42 Å². The minimum absolute atomic E-state index is 0.146. The van der Waals surface area contributed by atoms with Crippen molar-refractivity contribution in [2.75, 3.05) is 0 Å². The molecule has 1 saturated heterocycles. The molecule has 0 spiro atoms. The fourth-order valence-corrected chi connectivity index (χ4v) is 5.44. The number of pyridine rings is 1. The number of aromatic hydroxyl groups is 1. The minimum Gasteiger partial charge on any atom is -0.504 e. The third-order valence-corrected chi connectivity index (χ3v) is 7.23. The number of rotatable bonds is 5. The summed E-state index contributed by atoms with van der Waals surface area (Å²) in [5.74, 6) is -0.215. The smallest absolute Gasteiger partial charge is 0.262 e. The van der Waals surface area contributed by atoms with Crippen molar-refractivity contribution < 1.29 is 9.50 Å². The lowest BCUT2D eigenvalue weighted by molar-refractivity contribution is 0.253. The number of hydrogen-bond donors (Lipinski definition) is 3. The first-order valence-corrected chi connectivity index (χ1v) is 12.6. The highest BCUT2D eigenvalue weighted by Crippen LogP contribution is 2.42. The summed E-state index contributed by atoms with van der Waals surface area (Å²) in [6.45, 7) is 4.37. The molecule has 1 aliphatic carbocycles. The molecule has 0 bridgehead atoms. The molecule has 9 heteroatoms. The van der Waals surface area contributed by atoms with Gasteiger partial charge in [-0.15, -0.1) is 0 Å². The van der Waals surface area contributed by atoms with Gasteiger partial charge < -0.3 is 15.4 Å². The summed E-state index contributed by atoms with van der Waals surface area (Å²) in [4.78, 5) is 25.5. The fourth-order valence-electron chi connectivity index (χ4n) is 5.44. The quantitative estimate of drug-likeness (QED) is 0.389. The van der Waals surface area contributed by atoms with Crippen LogP contribution in [0.25, 0.3) is 22.3 Å². The number of nitrogens with zero attached hydrogens (tertiary/aromatic N) is 4. The van der Waals surface area contributed by atoms with Crippen molar-refractivity contribution in [2.24, 2.45) is 0 Å². The Morgan fingerprint density at radius 3 is 2.61 bits per heavy atom. The molecule has 2 atom stereocenters. The Morgan fingerprint density at radius 1 is 1.14 bits per heavy atom. The van der Waals surface area contributed by atoms with Crippen LogP contribution in [0.4, 0.5) is 4.39 Å². The number of hydrogen-bond acceptors (Lipinski definition) is 6. The number of para-hydroxylation sites is 1. The van der Waals surface area contributed by atoms with Crippen LogP contribution in [0.5, 0.6) is 5.75 Å². The Labute approximate surface area is 207 Å². The highest BCUT2D eigenvalue weighted by atomic mass is 19.1.